The van der Waals surface area contributed by atoms with E-state index in [1.807, 2.05) is 0 Å². The summed E-state index contributed by atoms with van der Waals surface area (Å²) in [5.74, 6) is -1.57. The lowest BCUT2D eigenvalue weighted by atomic mass is 10.1. The molecule has 0 aromatic carbocycles. The molecule has 0 aromatic rings. The maximum Gasteiger partial charge on any atom is 0.189 e. The number of rotatable bonds is 8. The molecule has 0 aliphatic carbocycles. The first-order chi connectivity index (χ1) is 12.5. The van der Waals surface area contributed by atoms with Crippen LogP contribution in [-0.4, -0.2) is 121 Å². The molecule has 10 atom stereocenters. The highest BCUT2D eigenvalue weighted by Crippen LogP contribution is 2.32. The van der Waals surface area contributed by atoms with Gasteiger partial charge in [0.15, 0.2) is 18.4 Å². The zero-order valence-electron chi connectivity index (χ0n) is 14.9. The van der Waals surface area contributed by atoms with Crippen molar-refractivity contribution in [2.75, 3.05) is 13.2 Å². The molecule has 2 rings (SSSR count). The van der Waals surface area contributed by atoms with Crippen LogP contribution in [0.15, 0.2) is 0 Å². The minimum atomic E-state index is -1.57. The van der Waals surface area contributed by atoms with Crippen LogP contribution >= 0.6 is 0 Å². The SMILES string of the molecule is CC(C)(OC1O[C@H]([C@H](O)CO)[C@H](O)[C@H]1O)OC1O[C@H]([C@H](O)CO)[C@H](O)[C@H]1O. The Bertz CT molecular complexity index is 436. The molecule has 160 valence electrons. The summed E-state index contributed by atoms with van der Waals surface area (Å²) in [5.41, 5.74) is 0. The molecule has 27 heavy (non-hydrogen) atoms. The number of hydrogen-bond donors (Lipinski definition) is 8. The molecule has 8 N–H and O–H groups in total. The van der Waals surface area contributed by atoms with E-state index in [0.29, 0.717) is 0 Å². The molecule has 2 saturated heterocycles. The molecule has 0 bridgehead atoms. The molecule has 2 unspecified atom stereocenters. The lowest BCUT2D eigenvalue weighted by Crippen LogP contribution is -2.44. The van der Waals surface area contributed by atoms with E-state index in [1.54, 1.807) is 0 Å². The predicted molar refractivity (Wildman–Crippen MR) is 83.8 cm³/mol. The summed E-state index contributed by atoms with van der Waals surface area (Å²) in [6.07, 6.45) is -14.5. The Labute approximate surface area is 155 Å². The van der Waals surface area contributed by atoms with Crippen molar-refractivity contribution in [3.8, 4) is 0 Å². The monoisotopic (exact) mass is 400 g/mol. The van der Waals surface area contributed by atoms with Gasteiger partial charge in [0, 0.05) is 0 Å². The third-order valence-electron chi connectivity index (χ3n) is 4.45. The normalized spacial score (nSPS) is 42.4. The van der Waals surface area contributed by atoms with Gasteiger partial charge in [-0.3, -0.25) is 0 Å². The van der Waals surface area contributed by atoms with Crippen molar-refractivity contribution in [3.05, 3.63) is 0 Å². The summed E-state index contributed by atoms with van der Waals surface area (Å²) in [4.78, 5) is 0. The standard InChI is InChI=1S/C15H28O12/c1-15(2,26-13-9(22)7(20)11(24-13)5(18)3-16)27-14-10(23)8(21)12(25-14)6(19)4-17/h5-14,16-23H,3-4H2,1-2H3/t5-,6-,7-,8-,9-,10-,11-,12-,13?,14?/m1/s1. The van der Waals surface area contributed by atoms with Gasteiger partial charge in [-0.2, -0.15) is 0 Å². The number of aliphatic hydroxyl groups excluding tert-OH is 8. The van der Waals surface area contributed by atoms with Crippen LogP contribution in [0, 0.1) is 0 Å². The van der Waals surface area contributed by atoms with E-state index in [9.17, 15) is 30.6 Å². The van der Waals surface area contributed by atoms with Gasteiger partial charge in [-0.15, -0.1) is 0 Å². The van der Waals surface area contributed by atoms with Gasteiger partial charge in [0.05, 0.1) is 13.2 Å². The minimum absolute atomic E-state index is 0.699. The van der Waals surface area contributed by atoms with Crippen molar-refractivity contribution in [2.24, 2.45) is 0 Å². The zero-order valence-corrected chi connectivity index (χ0v) is 14.9. The van der Waals surface area contributed by atoms with Gasteiger partial charge in [-0.1, -0.05) is 0 Å². The average Bonchev–Trinajstić information content (AvgIpc) is 3.05. The number of aliphatic hydroxyl groups is 8. The second-order valence-corrected chi connectivity index (χ2v) is 7.04. The highest BCUT2D eigenvalue weighted by molar-refractivity contribution is 4.93. The van der Waals surface area contributed by atoms with Crippen LogP contribution in [0.4, 0.5) is 0 Å². The quantitative estimate of drug-likeness (QED) is 0.182. The van der Waals surface area contributed by atoms with Crippen LogP contribution in [-0.2, 0) is 18.9 Å². The predicted octanol–water partition coefficient (Wildman–Crippen LogP) is -4.64. The topological polar surface area (TPSA) is 199 Å². The van der Waals surface area contributed by atoms with E-state index in [4.69, 9.17) is 29.2 Å². The first-order valence-electron chi connectivity index (χ1n) is 8.49. The van der Waals surface area contributed by atoms with Crippen LogP contribution in [0.25, 0.3) is 0 Å². The van der Waals surface area contributed by atoms with Crippen LogP contribution in [0.5, 0.6) is 0 Å². The highest BCUT2D eigenvalue weighted by atomic mass is 16.8. The van der Waals surface area contributed by atoms with Crippen molar-refractivity contribution in [1.82, 2.24) is 0 Å². The fourth-order valence-electron chi connectivity index (χ4n) is 2.97. The largest absolute Gasteiger partial charge is 0.394 e. The Kier molecular flexibility index (Phi) is 7.52. The maximum absolute atomic E-state index is 10.0. The second-order valence-electron chi connectivity index (χ2n) is 7.04. The van der Waals surface area contributed by atoms with Crippen molar-refractivity contribution >= 4 is 0 Å². The summed E-state index contributed by atoms with van der Waals surface area (Å²) in [5, 5.41) is 76.9. The minimum Gasteiger partial charge on any atom is -0.394 e. The summed E-state index contributed by atoms with van der Waals surface area (Å²) < 4.78 is 21.3. The molecule has 12 nitrogen and oxygen atoms in total. The Balaban J connectivity index is 1.99. The highest BCUT2D eigenvalue weighted by Gasteiger charge is 2.51. The van der Waals surface area contributed by atoms with Crippen LogP contribution in [0.3, 0.4) is 0 Å². The van der Waals surface area contributed by atoms with Crippen LogP contribution in [0.2, 0.25) is 0 Å². The van der Waals surface area contributed by atoms with Gasteiger partial charge < -0.3 is 59.8 Å². The molecule has 12 heteroatoms. The van der Waals surface area contributed by atoms with E-state index in [-0.39, 0.29) is 0 Å². The average molecular weight is 400 g/mol. The van der Waals surface area contributed by atoms with Gasteiger partial charge in [-0.25, -0.2) is 0 Å². The molecule has 0 spiro atoms. The lowest BCUT2D eigenvalue weighted by molar-refractivity contribution is -0.351. The molecular weight excluding hydrogens is 372 g/mol. The molecule has 0 radical (unpaired) electrons. The summed E-state index contributed by atoms with van der Waals surface area (Å²) in [6, 6.07) is 0. The van der Waals surface area contributed by atoms with Gasteiger partial charge in [0.2, 0.25) is 0 Å². The van der Waals surface area contributed by atoms with E-state index in [1.165, 1.54) is 13.8 Å². The fourth-order valence-corrected chi connectivity index (χ4v) is 2.97. The van der Waals surface area contributed by atoms with E-state index in [2.05, 4.69) is 0 Å². The fraction of sp³-hybridized carbons (Fsp3) is 1.00. The maximum atomic E-state index is 10.0. The van der Waals surface area contributed by atoms with Gasteiger partial charge in [-0.05, 0) is 13.8 Å². The number of ether oxygens (including phenoxy) is 4. The molecule has 2 heterocycles. The summed E-state index contributed by atoms with van der Waals surface area (Å²) in [6.45, 7) is 1.36. The van der Waals surface area contributed by atoms with Crippen molar-refractivity contribution in [1.29, 1.82) is 0 Å². The van der Waals surface area contributed by atoms with Gasteiger partial charge in [0.1, 0.15) is 48.8 Å². The van der Waals surface area contributed by atoms with Crippen LogP contribution < -0.4 is 0 Å². The first kappa shape index (κ1) is 22.8. The summed E-state index contributed by atoms with van der Waals surface area (Å²) in [7, 11) is 0. The Morgan fingerprint density at radius 2 is 1.07 bits per heavy atom. The number of hydrogen-bond acceptors (Lipinski definition) is 12. The van der Waals surface area contributed by atoms with Crippen LogP contribution in [0.1, 0.15) is 13.8 Å². The second kappa shape index (κ2) is 8.90. The summed E-state index contributed by atoms with van der Waals surface area (Å²) >= 11 is 0. The molecule has 2 aliphatic rings. The molecule has 2 fully saturated rings. The molecule has 0 aromatic heterocycles. The molecule has 0 saturated carbocycles. The molecular formula is C15H28O12. The van der Waals surface area contributed by atoms with E-state index in [0.717, 1.165) is 0 Å². The van der Waals surface area contributed by atoms with Crippen molar-refractivity contribution < 1.29 is 59.8 Å². The van der Waals surface area contributed by atoms with E-state index >= 15 is 0 Å². The van der Waals surface area contributed by atoms with Gasteiger partial charge in [0.25, 0.3) is 0 Å². The Hall–Kier alpha value is -0.480. The third-order valence-corrected chi connectivity index (χ3v) is 4.45. The zero-order chi connectivity index (χ0) is 20.5. The Morgan fingerprint density at radius 3 is 1.37 bits per heavy atom. The van der Waals surface area contributed by atoms with Crippen molar-refractivity contribution in [3.63, 3.8) is 0 Å². The Morgan fingerprint density at radius 1 is 0.741 bits per heavy atom. The third kappa shape index (κ3) is 4.93. The smallest absolute Gasteiger partial charge is 0.189 e. The van der Waals surface area contributed by atoms with Crippen molar-refractivity contribution in [2.45, 2.75) is 81.0 Å². The molecule has 0 amide bonds. The first-order valence-corrected chi connectivity index (χ1v) is 8.49. The van der Waals surface area contributed by atoms with Gasteiger partial charge >= 0.3 is 0 Å². The lowest BCUT2D eigenvalue weighted by Gasteiger charge is -2.33. The van der Waals surface area contributed by atoms with E-state index < -0.39 is 80.4 Å². The molecule has 2 aliphatic heterocycles.